The Balaban J connectivity index is 2.16. The first-order chi connectivity index (χ1) is 13.5. The molecule has 0 spiro atoms. The van der Waals surface area contributed by atoms with Crippen molar-refractivity contribution in [1.82, 2.24) is 10.0 Å². The van der Waals surface area contributed by atoms with E-state index in [-0.39, 0.29) is 39.0 Å². The van der Waals surface area contributed by atoms with Crippen LogP contribution in [-0.4, -0.2) is 39.0 Å². The molecule has 0 bridgehead atoms. The summed E-state index contributed by atoms with van der Waals surface area (Å²) >= 11 is 12.1. The Hall–Kier alpha value is -1.35. The number of nitrogens with one attached hydrogen (secondary N) is 2. The zero-order chi connectivity index (χ0) is 21.8. The molecule has 29 heavy (non-hydrogen) atoms. The van der Waals surface area contributed by atoms with Crippen LogP contribution in [0, 0.1) is 5.92 Å². The van der Waals surface area contributed by atoms with E-state index in [2.05, 4.69) is 10.0 Å². The number of carbonyl (C=O) groups is 2. The van der Waals surface area contributed by atoms with Gasteiger partial charge in [0.1, 0.15) is 4.90 Å². The molecule has 162 valence electrons. The summed E-state index contributed by atoms with van der Waals surface area (Å²) < 4.78 is 32.7. The smallest absolute Gasteiger partial charge is 0.340 e. The van der Waals surface area contributed by atoms with E-state index in [4.69, 9.17) is 27.9 Å². The van der Waals surface area contributed by atoms with Crippen LogP contribution in [0.2, 0.25) is 10.0 Å². The van der Waals surface area contributed by atoms with E-state index in [0.29, 0.717) is 0 Å². The Morgan fingerprint density at radius 2 is 1.76 bits per heavy atom. The molecule has 2 rings (SSSR count). The third kappa shape index (κ3) is 6.57. The van der Waals surface area contributed by atoms with Gasteiger partial charge in [-0.2, -0.15) is 0 Å². The summed E-state index contributed by atoms with van der Waals surface area (Å²) in [5.74, 6) is -1.22. The zero-order valence-corrected chi connectivity index (χ0v) is 19.0. The van der Waals surface area contributed by atoms with E-state index in [9.17, 15) is 18.0 Å². The van der Waals surface area contributed by atoms with Crippen molar-refractivity contribution < 1.29 is 22.7 Å². The average molecular weight is 465 g/mol. The quantitative estimate of drug-likeness (QED) is 0.572. The van der Waals surface area contributed by atoms with Gasteiger partial charge in [0.25, 0.3) is 5.91 Å². The first kappa shape index (κ1) is 23.9. The Labute approximate surface area is 181 Å². The molecule has 2 N–H and O–H groups in total. The van der Waals surface area contributed by atoms with Crippen molar-refractivity contribution >= 4 is 45.1 Å². The number of hydrogen-bond donors (Lipinski definition) is 2. The van der Waals surface area contributed by atoms with Gasteiger partial charge in [-0.25, -0.2) is 17.9 Å². The molecule has 1 amide bonds. The van der Waals surface area contributed by atoms with E-state index in [0.717, 1.165) is 31.7 Å². The Kier molecular flexibility index (Phi) is 8.34. The Morgan fingerprint density at radius 3 is 2.34 bits per heavy atom. The van der Waals surface area contributed by atoms with Gasteiger partial charge in [0, 0.05) is 12.6 Å². The number of amides is 1. The highest BCUT2D eigenvalue weighted by Gasteiger charge is 2.27. The summed E-state index contributed by atoms with van der Waals surface area (Å²) in [7, 11) is -3.95. The predicted octanol–water partition coefficient (Wildman–Crippen LogP) is 3.53. The second-order valence-electron chi connectivity index (χ2n) is 7.55. The topological polar surface area (TPSA) is 102 Å². The lowest BCUT2D eigenvalue weighted by Crippen LogP contribution is -2.40. The van der Waals surface area contributed by atoms with Crippen LogP contribution >= 0.6 is 23.2 Å². The minimum Gasteiger partial charge on any atom is -0.449 e. The highest BCUT2D eigenvalue weighted by molar-refractivity contribution is 7.89. The van der Waals surface area contributed by atoms with Gasteiger partial charge in [0.15, 0.2) is 6.10 Å². The van der Waals surface area contributed by atoms with Gasteiger partial charge >= 0.3 is 5.97 Å². The van der Waals surface area contributed by atoms with Crippen LogP contribution in [0.4, 0.5) is 0 Å². The first-order valence-corrected chi connectivity index (χ1v) is 11.7. The lowest BCUT2D eigenvalue weighted by molar-refractivity contribution is -0.129. The molecule has 0 unspecified atom stereocenters. The van der Waals surface area contributed by atoms with E-state index >= 15 is 0 Å². The standard InChI is InChI=1S/C19H26Cl2N2O5S/c1-11(2)10-22-29(26,27)17-8-14(15(20)9-16(17)21)19(25)28-12(3)18(24)23-13-6-4-5-7-13/h8-9,11-13,22H,4-7,10H2,1-3H3,(H,23,24)/t12-/m1/s1. The summed E-state index contributed by atoms with van der Waals surface area (Å²) in [4.78, 5) is 24.5. The SMILES string of the molecule is CC(C)CNS(=O)(=O)c1cc(C(=O)O[C@H](C)C(=O)NC2CCCC2)c(Cl)cc1Cl. The zero-order valence-electron chi connectivity index (χ0n) is 16.6. The molecule has 0 heterocycles. The van der Waals surface area contributed by atoms with Crippen LogP contribution in [-0.2, 0) is 19.6 Å². The molecule has 1 saturated carbocycles. The molecule has 1 atom stereocenters. The number of rotatable bonds is 8. The average Bonchev–Trinajstić information content (AvgIpc) is 3.12. The van der Waals surface area contributed by atoms with Crippen LogP contribution in [0.5, 0.6) is 0 Å². The summed E-state index contributed by atoms with van der Waals surface area (Å²) in [5.41, 5.74) is -0.179. The fraction of sp³-hybridized carbons (Fsp3) is 0.579. The molecule has 0 saturated heterocycles. The number of halogens is 2. The van der Waals surface area contributed by atoms with E-state index < -0.39 is 28.0 Å². The molecule has 1 aromatic carbocycles. The highest BCUT2D eigenvalue weighted by Crippen LogP contribution is 2.29. The highest BCUT2D eigenvalue weighted by atomic mass is 35.5. The van der Waals surface area contributed by atoms with E-state index in [1.165, 1.54) is 13.0 Å². The third-order valence-electron chi connectivity index (χ3n) is 4.57. The van der Waals surface area contributed by atoms with Crippen LogP contribution in [0.1, 0.15) is 56.8 Å². The molecule has 1 fully saturated rings. The monoisotopic (exact) mass is 464 g/mol. The van der Waals surface area contributed by atoms with Gasteiger partial charge < -0.3 is 10.1 Å². The van der Waals surface area contributed by atoms with Gasteiger partial charge in [-0.1, -0.05) is 49.9 Å². The number of benzene rings is 1. The number of ether oxygens (including phenoxy) is 1. The fourth-order valence-corrected chi connectivity index (χ4v) is 4.97. The molecule has 1 aliphatic carbocycles. The summed E-state index contributed by atoms with van der Waals surface area (Å²) in [6, 6.07) is 2.33. The summed E-state index contributed by atoms with van der Waals surface area (Å²) in [6.07, 6.45) is 2.87. The Morgan fingerprint density at radius 1 is 1.14 bits per heavy atom. The van der Waals surface area contributed by atoms with Crippen molar-refractivity contribution in [2.24, 2.45) is 5.92 Å². The van der Waals surface area contributed by atoms with Gasteiger partial charge in [-0.05, 0) is 37.8 Å². The molecular formula is C19H26Cl2N2O5S. The minimum atomic E-state index is -3.95. The maximum absolute atomic E-state index is 12.5. The molecule has 1 aromatic rings. The second-order valence-corrected chi connectivity index (χ2v) is 10.1. The van der Waals surface area contributed by atoms with E-state index in [1.54, 1.807) is 0 Å². The molecule has 0 aromatic heterocycles. The van der Waals surface area contributed by atoms with Crippen molar-refractivity contribution in [3.05, 3.63) is 27.7 Å². The van der Waals surface area contributed by atoms with E-state index in [1.807, 2.05) is 13.8 Å². The molecular weight excluding hydrogens is 439 g/mol. The largest absolute Gasteiger partial charge is 0.449 e. The number of sulfonamides is 1. The van der Waals surface area contributed by atoms with Crippen molar-refractivity contribution in [3.8, 4) is 0 Å². The van der Waals surface area contributed by atoms with Gasteiger partial charge in [0.05, 0.1) is 15.6 Å². The van der Waals surface area contributed by atoms with Crippen LogP contribution in [0.15, 0.2) is 17.0 Å². The summed E-state index contributed by atoms with van der Waals surface area (Å²) in [6.45, 7) is 5.37. The first-order valence-electron chi connectivity index (χ1n) is 9.51. The second kappa shape index (κ2) is 10.1. The molecule has 0 aliphatic heterocycles. The number of hydrogen-bond acceptors (Lipinski definition) is 5. The molecule has 10 heteroatoms. The van der Waals surface area contributed by atoms with Crippen molar-refractivity contribution in [2.45, 2.75) is 63.5 Å². The minimum absolute atomic E-state index is 0.0637. The maximum Gasteiger partial charge on any atom is 0.340 e. The summed E-state index contributed by atoms with van der Waals surface area (Å²) in [5, 5.41) is 2.67. The number of esters is 1. The number of carbonyl (C=O) groups excluding carboxylic acids is 2. The fourth-order valence-electron chi connectivity index (χ4n) is 2.91. The predicted molar refractivity (Wildman–Crippen MR) is 112 cm³/mol. The lowest BCUT2D eigenvalue weighted by atomic mass is 10.2. The normalized spacial score (nSPS) is 16.1. The van der Waals surface area contributed by atoms with Crippen LogP contribution < -0.4 is 10.0 Å². The molecule has 1 aliphatic rings. The maximum atomic E-state index is 12.5. The lowest BCUT2D eigenvalue weighted by Gasteiger charge is -2.18. The third-order valence-corrected chi connectivity index (χ3v) is 6.77. The van der Waals surface area contributed by atoms with Crippen molar-refractivity contribution in [3.63, 3.8) is 0 Å². The molecule has 7 nitrogen and oxygen atoms in total. The van der Waals surface area contributed by atoms with Gasteiger partial charge in [-0.15, -0.1) is 0 Å². The van der Waals surface area contributed by atoms with Crippen LogP contribution in [0.3, 0.4) is 0 Å². The van der Waals surface area contributed by atoms with Crippen LogP contribution in [0.25, 0.3) is 0 Å². The van der Waals surface area contributed by atoms with Crippen molar-refractivity contribution in [1.29, 1.82) is 0 Å². The molecule has 0 radical (unpaired) electrons. The Bertz CT molecular complexity index is 868. The van der Waals surface area contributed by atoms with Gasteiger partial charge in [0.2, 0.25) is 10.0 Å². The van der Waals surface area contributed by atoms with Crippen molar-refractivity contribution in [2.75, 3.05) is 6.54 Å². The van der Waals surface area contributed by atoms with Gasteiger partial charge in [-0.3, -0.25) is 4.79 Å².